The Bertz CT molecular complexity index is 1230. The molecule has 174 valence electrons. The van der Waals surface area contributed by atoms with Crippen LogP contribution in [-0.2, 0) is 13.2 Å². The molecule has 33 heavy (non-hydrogen) atoms. The molecule has 0 unspecified atom stereocenters. The lowest BCUT2D eigenvalue weighted by molar-refractivity contribution is -0.137. The Morgan fingerprint density at radius 2 is 1.97 bits per heavy atom. The number of likely N-dealkylation sites (tertiary alicyclic amines) is 1. The lowest BCUT2D eigenvalue weighted by Crippen LogP contribution is -2.67. The summed E-state index contributed by atoms with van der Waals surface area (Å²) in [6, 6.07) is 1.10. The van der Waals surface area contributed by atoms with Crippen LogP contribution in [0.15, 0.2) is 36.9 Å². The summed E-state index contributed by atoms with van der Waals surface area (Å²) in [5.74, 6) is -0.216. The van der Waals surface area contributed by atoms with E-state index in [1.807, 2.05) is 17.8 Å². The van der Waals surface area contributed by atoms with Crippen molar-refractivity contribution in [2.24, 2.45) is 12.5 Å². The van der Waals surface area contributed by atoms with Crippen molar-refractivity contribution in [2.45, 2.75) is 25.1 Å². The summed E-state index contributed by atoms with van der Waals surface area (Å²) in [5, 5.41) is 6.64. The zero-order chi connectivity index (χ0) is 23.5. The maximum atomic E-state index is 12.9. The molecule has 1 N–H and O–H groups in total. The third kappa shape index (κ3) is 3.58. The smallest absolute Gasteiger partial charge is 0.337 e. The molecule has 1 saturated carbocycles. The Hall–Kier alpha value is -3.57. The van der Waals surface area contributed by atoms with E-state index in [1.165, 1.54) is 4.90 Å². The molecule has 9 nitrogen and oxygen atoms in total. The Morgan fingerprint density at radius 1 is 1.24 bits per heavy atom. The minimum atomic E-state index is -4.51. The SMILES string of the molecule is CN(C(=O)Nc1cc(C(F)(F)F)ccn1)C1CC2(C1)CN(C(=O)c1cnn3ccn(C)c13)C2. The normalized spacial score (nSPS) is 17.7. The van der Waals surface area contributed by atoms with E-state index < -0.39 is 17.8 Å². The van der Waals surface area contributed by atoms with Crippen molar-refractivity contribution in [3.63, 3.8) is 0 Å². The first kappa shape index (κ1) is 21.3. The summed E-state index contributed by atoms with van der Waals surface area (Å²) in [7, 11) is 3.47. The molecule has 0 radical (unpaired) electrons. The number of nitrogens with zero attached hydrogens (tertiary/aromatic N) is 6. The highest BCUT2D eigenvalue weighted by atomic mass is 19.4. The number of aromatic nitrogens is 4. The molecule has 1 aliphatic heterocycles. The van der Waals surface area contributed by atoms with Gasteiger partial charge in [-0.25, -0.2) is 14.3 Å². The second-order valence-corrected chi connectivity index (χ2v) is 8.93. The molecule has 0 atom stereocenters. The van der Waals surface area contributed by atoms with Crippen molar-refractivity contribution < 1.29 is 22.8 Å². The maximum absolute atomic E-state index is 12.9. The summed E-state index contributed by atoms with van der Waals surface area (Å²) in [6.45, 7) is 1.21. The van der Waals surface area contributed by atoms with E-state index >= 15 is 0 Å². The first-order valence-electron chi connectivity index (χ1n) is 10.4. The lowest BCUT2D eigenvalue weighted by Gasteiger charge is -2.60. The highest BCUT2D eigenvalue weighted by Crippen LogP contribution is 2.50. The third-order valence-corrected chi connectivity index (χ3v) is 6.63. The van der Waals surface area contributed by atoms with Crippen LogP contribution >= 0.6 is 0 Å². The van der Waals surface area contributed by atoms with Gasteiger partial charge in [0.25, 0.3) is 5.91 Å². The van der Waals surface area contributed by atoms with Gasteiger partial charge in [-0.2, -0.15) is 18.3 Å². The van der Waals surface area contributed by atoms with Crippen molar-refractivity contribution in [3.8, 4) is 0 Å². The van der Waals surface area contributed by atoms with Crippen LogP contribution in [0.25, 0.3) is 5.65 Å². The number of hydrogen-bond acceptors (Lipinski definition) is 4. The van der Waals surface area contributed by atoms with Crippen LogP contribution in [0.3, 0.4) is 0 Å². The number of rotatable bonds is 3. The predicted octanol–water partition coefficient (Wildman–Crippen LogP) is 2.86. The van der Waals surface area contributed by atoms with Crippen LogP contribution in [0.4, 0.5) is 23.8 Å². The number of amides is 3. The number of anilines is 1. The van der Waals surface area contributed by atoms with Crippen LogP contribution in [0.5, 0.6) is 0 Å². The molecule has 1 aliphatic carbocycles. The van der Waals surface area contributed by atoms with E-state index in [2.05, 4.69) is 15.4 Å². The van der Waals surface area contributed by atoms with Crippen LogP contribution in [0, 0.1) is 5.41 Å². The van der Waals surface area contributed by atoms with Crippen molar-refractivity contribution in [2.75, 3.05) is 25.5 Å². The average Bonchev–Trinajstić information content (AvgIpc) is 3.28. The monoisotopic (exact) mass is 461 g/mol. The topological polar surface area (TPSA) is 87.8 Å². The van der Waals surface area contributed by atoms with Gasteiger partial charge in [0.2, 0.25) is 0 Å². The van der Waals surface area contributed by atoms with E-state index in [-0.39, 0.29) is 23.2 Å². The number of hydrogen-bond donors (Lipinski definition) is 1. The van der Waals surface area contributed by atoms with Gasteiger partial charge in [-0.05, 0) is 25.0 Å². The lowest BCUT2D eigenvalue weighted by atomic mass is 9.60. The van der Waals surface area contributed by atoms with Crippen molar-refractivity contribution in [1.82, 2.24) is 29.0 Å². The number of alkyl halides is 3. The summed E-state index contributed by atoms with van der Waals surface area (Å²) < 4.78 is 42.1. The van der Waals surface area contributed by atoms with E-state index in [0.29, 0.717) is 18.7 Å². The molecule has 2 aliphatic rings. The molecule has 0 aromatic carbocycles. The number of fused-ring (bicyclic) bond motifs is 1. The Labute approximate surface area is 186 Å². The van der Waals surface area contributed by atoms with Gasteiger partial charge >= 0.3 is 12.2 Å². The van der Waals surface area contributed by atoms with Gasteiger partial charge in [-0.15, -0.1) is 0 Å². The molecule has 4 heterocycles. The van der Waals surface area contributed by atoms with E-state index in [4.69, 9.17) is 0 Å². The maximum Gasteiger partial charge on any atom is 0.416 e. The number of nitrogens with one attached hydrogen (secondary N) is 1. The molecule has 3 aromatic rings. The number of urea groups is 1. The second kappa shape index (κ2) is 7.22. The van der Waals surface area contributed by atoms with Gasteiger partial charge in [-0.3, -0.25) is 10.1 Å². The largest absolute Gasteiger partial charge is 0.416 e. The fourth-order valence-corrected chi connectivity index (χ4v) is 4.79. The number of aryl methyl sites for hydroxylation is 1. The first-order chi connectivity index (χ1) is 15.6. The number of imidazole rings is 1. The molecular formula is C21H22F3N7O2. The fourth-order valence-electron chi connectivity index (χ4n) is 4.79. The van der Waals surface area contributed by atoms with Crippen LogP contribution < -0.4 is 5.32 Å². The predicted molar refractivity (Wildman–Crippen MR) is 112 cm³/mol. The second-order valence-electron chi connectivity index (χ2n) is 8.93. The van der Waals surface area contributed by atoms with E-state index in [1.54, 1.807) is 28.9 Å². The number of pyridine rings is 1. The zero-order valence-electron chi connectivity index (χ0n) is 18.0. The summed E-state index contributed by atoms with van der Waals surface area (Å²) in [4.78, 5) is 32.5. The minimum absolute atomic E-state index is 0.0240. The minimum Gasteiger partial charge on any atom is -0.337 e. The van der Waals surface area contributed by atoms with Crippen LogP contribution in [-0.4, -0.2) is 67.1 Å². The van der Waals surface area contributed by atoms with Gasteiger partial charge in [-0.1, -0.05) is 0 Å². The van der Waals surface area contributed by atoms with Gasteiger partial charge in [0.15, 0.2) is 0 Å². The molecule has 2 fully saturated rings. The van der Waals surface area contributed by atoms with Crippen LogP contribution in [0.2, 0.25) is 0 Å². The van der Waals surface area contributed by atoms with Gasteiger partial charge in [0.05, 0.1) is 11.8 Å². The quantitative estimate of drug-likeness (QED) is 0.650. The number of halogens is 3. The standard InChI is InChI=1S/C21H22F3N7O2/c1-28-5-6-31-17(28)15(10-26-31)18(32)30-11-20(12-30)8-14(9-20)29(2)19(33)27-16-7-13(3-4-25-16)21(22,23)24/h3-7,10,14H,8-9,11-12H2,1-2H3,(H,25,27,33). The molecule has 1 spiro atoms. The van der Waals surface area contributed by atoms with Crippen molar-refractivity contribution in [3.05, 3.63) is 48.0 Å². The molecular weight excluding hydrogens is 439 g/mol. The van der Waals surface area contributed by atoms with Crippen molar-refractivity contribution in [1.29, 1.82) is 0 Å². The highest BCUT2D eigenvalue weighted by Gasteiger charge is 2.55. The van der Waals surface area contributed by atoms with Gasteiger partial charge < -0.3 is 14.4 Å². The Morgan fingerprint density at radius 3 is 2.67 bits per heavy atom. The molecule has 1 saturated heterocycles. The zero-order valence-corrected chi connectivity index (χ0v) is 18.0. The molecule has 3 amide bonds. The number of carbonyl (C=O) groups is 2. The van der Waals surface area contributed by atoms with Crippen LogP contribution in [0.1, 0.15) is 28.8 Å². The van der Waals surface area contributed by atoms with Gasteiger partial charge in [0, 0.05) is 57.2 Å². The Kier molecular flexibility index (Phi) is 4.66. The summed E-state index contributed by atoms with van der Waals surface area (Å²) in [5.41, 5.74) is 0.401. The molecule has 5 rings (SSSR count). The van der Waals surface area contributed by atoms with E-state index in [9.17, 15) is 22.8 Å². The van der Waals surface area contributed by atoms with Gasteiger partial charge in [0.1, 0.15) is 17.0 Å². The Balaban J connectivity index is 1.15. The third-order valence-electron chi connectivity index (χ3n) is 6.63. The average molecular weight is 461 g/mol. The highest BCUT2D eigenvalue weighted by molar-refractivity contribution is 6.00. The van der Waals surface area contributed by atoms with Crippen molar-refractivity contribution >= 4 is 23.4 Å². The molecule has 3 aromatic heterocycles. The summed E-state index contributed by atoms with van der Waals surface area (Å²) >= 11 is 0. The first-order valence-corrected chi connectivity index (χ1v) is 10.4. The fraction of sp³-hybridized carbons (Fsp3) is 0.429. The number of carbonyl (C=O) groups excluding carboxylic acids is 2. The molecule has 12 heteroatoms. The van der Waals surface area contributed by atoms with E-state index in [0.717, 1.165) is 36.8 Å². The summed E-state index contributed by atoms with van der Waals surface area (Å²) in [6.07, 6.45) is 3.16. The molecule has 0 bridgehead atoms.